The van der Waals surface area contributed by atoms with Gasteiger partial charge in [-0.25, -0.2) is 0 Å². The van der Waals surface area contributed by atoms with Gasteiger partial charge in [0.15, 0.2) is 0 Å². The monoisotopic (exact) mass is 285 g/mol. The summed E-state index contributed by atoms with van der Waals surface area (Å²) < 4.78 is 0. The largest absolute Gasteiger partial charge is 0.340 e. The molecule has 4 heteroatoms. The van der Waals surface area contributed by atoms with E-state index in [1.807, 2.05) is 18.2 Å². The molecule has 1 aromatic rings. The Morgan fingerprint density at radius 1 is 1.17 bits per heavy atom. The topological polar surface area (TPSA) is 20.3 Å². The van der Waals surface area contributed by atoms with E-state index in [0.29, 0.717) is 30.8 Å². The first-order chi connectivity index (χ1) is 8.77. The van der Waals surface area contributed by atoms with E-state index >= 15 is 0 Å². The molecule has 98 valence electrons. The van der Waals surface area contributed by atoms with E-state index in [4.69, 9.17) is 23.2 Å². The normalized spacial score (nSPS) is 21.7. The number of hydrogen-bond acceptors (Lipinski definition) is 1. The van der Waals surface area contributed by atoms with Gasteiger partial charge in [0.05, 0.1) is 0 Å². The van der Waals surface area contributed by atoms with Crippen LogP contribution < -0.4 is 0 Å². The van der Waals surface area contributed by atoms with E-state index in [1.54, 1.807) is 4.90 Å². The standard InChI is InChI=1S/C14H17Cl2NO/c15-6-8-17(9-7-16)14(18)13-10-12(13)11-4-2-1-3-5-11/h1-5,12-13H,6-10H2. The average molecular weight is 286 g/mol. The molecular formula is C14H17Cl2NO. The minimum atomic E-state index is 0.124. The van der Waals surface area contributed by atoms with Crippen molar-refractivity contribution in [2.24, 2.45) is 5.92 Å². The van der Waals surface area contributed by atoms with Crippen LogP contribution in [0.5, 0.6) is 0 Å². The summed E-state index contributed by atoms with van der Waals surface area (Å²) in [7, 11) is 0. The summed E-state index contributed by atoms with van der Waals surface area (Å²) in [5, 5.41) is 0. The van der Waals surface area contributed by atoms with Crippen molar-refractivity contribution in [3.05, 3.63) is 35.9 Å². The molecule has 0 radical (unpaired) electrons. The number of nitrogens with zero attached hydrogens (tertiary/aromatic N) is 1. The molecule has 2 atom stereocenters. The highest BCUT2D eigenvalue weighted by atomic mass is 35.5. The molecule has 1 aliphatic carbocycles. The van der Waals surface area contributed by atoms with Crippen LogP contribution >= 0.6 is 23.2 Å². The van der Waals surface area contributed by atoms with Gasteiger partial charge in [0.1, 0.15) is 0 Å². The lowest BCUT2D eigenvalue weighted by Crippen LogP contribution is -2.35. The molecule has 0 aliphatic heterocycles. The minimum Gasteiger partial charge on any atom is -0.340 e. The molecule has 1 amide bonds. The van der Waals surface area contributed by atoms with Gasteiger partial charge < -0.3 is 4.90 Å². The van der Waals surface area contributed by atoms with Gasteiger partial charge in [-0.15, -0.1) is 23.2 Å². The Kier molecular flexibility index (Phi) is 4.90. The lowest BCUT2D eigenvalue weighted by molar-refractivity contribution is -0.132. The third kappa shape index (κ3) is 3.18. The van der Waals surface area contributed by atoms with Gasteiger partial charge in [0, 0.05) is 30.8 Å². The Morgan fingerprint density at radius 3 is 2.33 bits per heavy atom. The van der Waals surface area contributed by atoms with Gasteiger partial charge in [0.2, 0.25) is 5.91 Å². The van der Waals surface area contributed by atoms with Crippen molar-refractivity contribution >= 4 is 29.1 Å². The fourth-order valence-electron chi connectivity index (χ4n) is 2.31. The van der Waals surface area contributed by atoms with Gasteiger partial charge in [0.25, 0.3) is 0 Å². The van der Waals surface area contributed by atoms with Crippen LogP contribution in [0.15, 0.2) is 30.3 Å². The van der Waals surface area contributed by atoms with Crippen LogP contribution in [0.25, 0.3) is 0 Å². The van der Waals surface area contributed by atoms with E-state index in [0.717, 1.165) is 6.42 Å². The van der Waals surface area contributed by atoms with E-state index in [9.17, 15) is 4.79 Å². The number of alkyl halides is 2. The first-order valence-corrected chi connectivity index (χ1v) is 7.30. The Labute approximate surface area is 118 Å². The van der Waals surface area contributed by atoms with Crippen molar-refractivity contribution in [3.63, 3.8) is 0 Å². The molecule has 2 nitrogen and oxygen atoms in total. The predicted octanol–water partition coefficient (Wildman–Crippen LogP) is 3.10. The third-order valence-electron chi connectivity index (χ3n) is 3.36. The smallest absolute Gasteiger partial charge is 0.226 e. The van der Waals surface area contributed by atoms with E-state index in [2.05, 4.69) is 12.1 Å². The lowest BCUT2D eigenvalue weighted by Gasteiger charge is -2.20. The van der Waals surface area contributed by atoms with Gasteiger partial charge in [-0.3, -0.25) is 4.79 Å². The summed E-state index contributed by atoms with van der Waals surface area (Å²) in [5.41, 5.74) is 1.26. The second kappa shape index (κ2) is 6.44. The van der Waals surface area contributed by atoms with Gasteiger partial charge in [-0.1, -0.05) is 30.3 Å². The second-order valence-corrected chi connectivity index (χ2v) is 5.32. The Morgan fingerprint density at radius 2 is 1.78 bits per heavy atom. The number of rotatable bonds is 6. The molecule has 2 unspecified atom stereocenters. The van der Waals surface area contributed by atoms with Gasteiger partial charge in [-0.05, 0) is 17.9 Å². The Bertz CT molecular complexity index is 390. The van der Waals surface area contributed by atoms with Crippen molar-refractivity contribution < 1.29 is 4.79 Å². The molecule has 0 spiro atoms. The number of carbonyl (C=O) groups excluding carboxylic acids is 1. The summed E-state index contributed by atoms with van der Waals surface area (Å²) in [5.74, 6) is 1.63. The maximum absolute atomic E-state index is 12.3. The van der Waals surface area contributed by atoms with Crippen molar-refractivity contribution in [1.82, 2.24) is 4.90 Å². The van der Waals surface area contributed by atoms with Crippen LogP contribution in [-0.2, 0) is 4.79 Å². The number of benzene rings is 1. The van der Waals surface area contributed by atoms with Crippen molar-refractivity contribution in [2.45, 2.75) is 12.3 Å². The first-order valence-electron chi connectivity index (χ1n) is 6.23. The highest BCUT2D eigenvalue weighted by Gasteiger charge is 2.45. The van der Waals surface area contributed by atoms with Crippen LogP contribution in [0.2, 0.25) is 0 Å². The molecule has 0 aromatic heterocycles. The molecule has 0 N–H and O–H groups in total. The van der Waals surface area contributed by atoms with Crippen LogP contribution in [0.1, 0.15) is 17.9 Å². The molecule has 0 saturated heterocycles. The number of halogens is 2. The van der Waals surface area contributed by atoms with E-state index in [-0.39, 0.29) is 11.8 Å². The van der Waals surface area contributed by atoms with Crippen LogP contribution in [-0.4, -0.2) is 35.7 Å². The molecule has 1 aliphatic rings. The zero-order valence-electron chi connectivity index (χ0n) is 10.2. The zero-order valence-corrected chi connectivity index (χ0v) is 11.7. The van der Waals surface area contributed by atoms with Gasteiger partial charge in [-0.2, -0.15) is 0 Å². The van der Waals surface area contributed by atoms with Gasteiger partial charge >= 0.3 is 0 Å². The van der Waals surface area contributed by atoms with Crippen molar-refractivity contribution in [1.29, 1.82) is 0 Å². The highest BCUT2D eigenvalue weighted by Crippen LogP contribution is 2.48. The summed E-state index contributed by atoms with van der Waals surface area (Å²) in [4.78, 5) is 14.1. The Hall–Kier alpha value is -0.730. The molecule has 1 fully saturated rings. The second-order valence-electron chi connectivity index (χ2n) is 4.56. The van der Waals surface area contributed by atoms with E-state index < -0.39 is 0 Å². The van der Waals surface area contributed by atoms with Crippen LogP contribution in [0, 0.1) is 5.92 Å². The lowest BCUT2D eigenvalue weighted by atomic mass is 10.1. The number of amides is 1. The van der Waals surface area contributed by atoms with Crippen LogP contribution in [0.4, 0.5) is 0 Å². The number of carbonyl (C=O) groups is 1. The maximum Gasteiger partial charge on any atom is 0.226 e. The summed E-state index contributed by atoms with van der Waals surface area (Å²) >= 11 is 11.4. The molecule has 0 heterocycles. The molecule has 18 heavy (non-hydrogen) atoms. The highest BCUT2D eigenvalue weighted by molar-refractivity contribution is 6.18. The molecule has 1 saturated carbocycles. The average Bonchev–Trinajstić information content (AvgIpc) is 3.19. The summed E-state index contributed by atoms with van der Waals surface area (Å²) in [6.45, 7) is 1.18. The molecule has 1 aromatic carbocycles. The molecule has 0 bridgehead atoms. The van der Waals surface area contributed by atoms with Crippen molar-refractivity contribution in [3.8, 4) is 0 Å². The maximum atomic E-state index is 12.3. The zero-order chi connectivity index (χ0) is 13.0. The first kappa shape index (κ1) is 13.7. The van der Waals surface area contributed by atoms with Crippen molar-refractivity contribution in [2.75, 3.05) is 24.8 Å². The SMILES string of the molecule is O=C(C1CC1c1ccccc1)N(CCCl)CCCl. The fourth-order valence-corrected chi connectivity index (χ4v) is 2.72. The predicted molar refractivity (Wildman–Crippen MR) is 75.3 cm³/mol. The third-order valence-corrected chi connectivity index (χ3v) is 3.69. The number of hydrogen-bond donors (Lipinski definition) is 0. The summed E-state index contributed by atoms with van der Waals surface area (Å²) in [6, 6.07) is 10.2. The van der Waals surface area contributed by atoms with E-state index in [1.165, 1.54) is 5.56 Å². The minimum absolute atomic E-state index is 0.124. The molecule has 2 rings (SSSR count). The quantitative estimate of drug-likeness (QED) is 0.736. The fraction of sp³-hybridized carbons (Fsp3) is 0.500. The van der Waals surface area contributed by atoms with Crippen LogP contribution in [0.3, 0.4) is 0 Å². The molecular weight excluding hydrogens is 269 g/mol. The Balaban J connectivity index is 1.95. The summed E-state index contributed by atoms with van der Waals surface area (Å²) in [6.07, 6.45) is 0.948.